The predicted molar refractivity (Wildman–Crippen MR) is 150 cm³/mol. The van der Waals surface area contributed by atoms with Crippen molar-refractivity contribution in [2.75, 3.05) is 14.2 Å². The first-order valence-corrected chi connectivity index (χ1v) is 12.6. The second-order valence-corrected chi connectivity index (χ2v) is 9.89. The number of carbonyl (C=O) groups excluding carboxylic acids is 1. The average molecular weight is 551 g/mol. The fraction of sp³-hybridized carbons (Fsp3) is 0.143. The number of aldehydes is 1. The van der Waals surface area contributed by atoms with Crippen LogP contribution in [0.3, 0.4) is 0 Å². The van der Waals surface area contributed by atoms with Crippen molar-refractivity contribution in [3.05, 3.63) is 98.0 Å². The van der Waals surface area contributed by atoms with Crippen molar-refractivity contribution in [3.8, 4) is 11.1 Å². The first-order valence-electron chi connectivity index (χ1n) is 11.4. The molecule has 0 aliphatic rings. The number of halogens is 1. The van der Waals surface area contributed by atoms with Gasteiger partial charge in [0.25, 0.3) is 5.69 Å². The Bertz CT molecular complexity index is 1670. The number of benzene rings is 3. The molecular weight excluding hydrogens is 528 g/mol. The van der Waals surface area contributed by atoms with Gasteiger partial charge in [-0.05, 0) is 63.4 Å². The molecule has 5 aromatic rings. The monoisotopic (exact) mass is 550 g/mol. The van der Waals surface area contributed by atoms with Gasteiger partial charge in [-0.25, -0.2) is 0 Å². The Labute approximate surface area is 226 Å². The molecule has 10 heteroatoms. The number of carboxylic acids is 1. The number of ether oxygens (including phenoxy) is 1. The number of hydrogen-bond acceptors (Lipinski definition) is 6. The molecule has 0 fully saturated rings. The maximum atomic E-state index is 11.7. The molecule has 8 nitrogen and oxygen atoms in total. The number of carboxylic acid groups (broad SMARTS) is 1. The zero-order valence-electron chi connectivity index (χ0n) is 20.5. The lowest BCUT2D eigenvalue weighted by Crippen LogP contribution is -2.00. The summed E-state index contributed by atoms with van der Waals surface area (Å²) in [6, 6.07) is 15.2. The Morgan fingerprint density at radius 3 is 2.55 bits per heavy atom. The summed E-state index contributed by atoms with van der Waals surface area (Å²) < 4.78 is 7.32. The van der Waals surface area contributed by atoms with E-state index in [0.717, 1.165) is 26.6 Å². The summed E-state index contributed by atoms with van der Waals surface area (Å²) >= 11 is 7.82. The van der Waals surface area contributed by atoms with Crippen molar-refractivity contribution in [1.29, 1.82) is 0 Å². The van der Waals surface area contributed by atoms with E-state index in [9.17, 15) is 24.8 Å². The van der Waals surface area contributed by atoms with E-state index in [0.29, 0.717) is 40.1 Å². The largest absolute Gasteiger partial charge is 0.481 e. The molecule has 0 unspecified atom stereocenters. The molecule has 5 rings (SSSR count). The van der Waals surface area contributed by atoms with E-state index in [2.05, 4.69) is 10.1 Å². The predicted octanol–water partition coefficient (Wildman–Crippen LogP) is 6.84. The number of methoxy groups -OCH3 is 1. The van der Waals surface area contributed by atoms with E-state index in [1.807, 2.05) is 35.0 Å². The number of aromatic nitrogens is 1. The van der Waals surface area contributed by atoms with Crippen LogP contribution in [-0.4, -0.2) is 41.1 Å². The van der Waals surface area contributed by atoms with E-state index in [1.54, 1.807) is 37.7 Å². The second-order valence-electron chi connectivity index (χ2n) is 8.54. The molecule has 194 valence electrons. The first kappa shape index (κ1) is 27.0. The van der Waals surface area contributed by atoms with E-state index in [4.69, 9.17) is 11.6 Å². The zero-order chi connectivity index (χ0) is 27.4. The number of fused-ring (bicyclic) bond motifs is 2. The van der Waals surface area contributed by atoms with E-state index < -0.39 is 10.9 Å². The van der Waals surface area contributed by atoms with Gasteiger partial charge < -0.3 is 14.4 Å². The van der Waals surface area contributed by atoms with Gasteiger partial charge in [0, 0.05) is 65.3 Å². The van der Waals surface area contributed by atoms with E-state index in [-0.39, 0.29) is 12.1 Å². The number of thiophene rings is 1. The molecule has 0 aliphatic carbocycles. The van der Waals surface area contributed by atoms with Crippen molar-refractivity contribution < 1.29 is 24.4 Å². The van der Waals surface area contributed by atoms with Crippen molar-refractivity contribution >= 4 is 61.9 Å². The van der Waals surface area contributed by atoms with Gasteiger partial charge in [0.15, 0.2) is 6.29 Å². The van der Waals surface area contributed by atoms with Gasteiger partial charge in [-0.15, -0.1) is 11.3 Å². The van der Waals surface area contributed by atoms with Crippen LogP contribution in [0.25, 0.3) is 32.1 Å². The van der Waals surface area contributed by atoms with Crippen LogP contribution in [0.15, 0.2) is 66.2 Å². The van der Waals surface area contributed by atoms with Gasteiger partial charge in [-0.2, -0.15) is 0 Å². The molecule has 3 aromatic carbocycles. The number of carbonyl (C=O) groups is 2. The van der Waals surface area contributed by atoms with Crippen molar-refractivity contribution in [3.63, 3.8) is 0 Å². The van der Waals surface area contributed by atoms with Gasteiger partial charge >= 0.3 is 5.97 Å². The highest BCUT2D eigenvalue weighted by Gasteiger charge is 2.17. The highest BCUT2D eigenvalue weighted by Crippen LogP contribution is 2.34. The summed E-state index contributed by atoms with van der Waals surface area (Å²) in [5, 5.41) is 25.2. The third-order valence-corrected chi connectivity index (χ3v) is 7.20. The van der Waals surface area contributed by atoms with Gasteiger partial charge in [-0.1, -0.05) is 23.7 Å². The van der Waals surface area contributed by atoms with Crippen LogP contribution >= 0.6 is 22.9 Å². The Hall–Kier alpha value is -4.05. The number of rotatable bonds is 7. The average Bonchev–Trinajstić information content (AvgIpc) is 3.44. The molecule has 0 saturated carbocycles. The number of nitrogens with zero attached hydrogens (tertiary/aromatic N) is 2. The molecule has 0 bridgehead atoms. The minimum absolute atomic E-state index is 0.116. The lowest BCUT2D eigenvalue weighted by Gasteiger charge is -2.09. The lowest BCUT2D eigenvalue weighted by atomic mass is 9.98. The van der Waals surface area contributed by atoms with Crippen molar-refractivity contribution in [2.45, 2.75) is 13.0 Å². The fourth-order valence-corrected chi connectivity index (χ4v) is 5.45. The molecule has 2 aromatic heterocycles. The number of hydrogen-bond donors (Lipinski definition) is 1. The van der Waals surface area contributed by atoms with Crippen LogP contribution in [0, 0.1) is 10.1 Å². The molecule has 0 amide bonds. The van der Waals surface area contributed by atoms with Crippen LogP contribution < -0.4 is 0 Å². The quantitative estimate of drug-likeness (QED) is 0.135. The number of aliphatic carboxylic acids is 1. The maximum Gasteiger partial charge on any atom is 0.307 e. The summed E-state index contributed by atoms with van der Waals surface area (Å²) in [5.74, 6) is -0.942. The third-order valence-electron chi connectivity index (χ3n) is 5.95. The zero-order valence-corrected chi connectivity index (χ0v) is 22.1. The van der Waals surface area contributed by atoms with E-state index >= 15 is 0 Å². The molecule has 0 radical (unpaired) electrons. The molecule has 0 spiro atoms. The summed E-state index contributed by atoms with van der Waals surface area (Å²) in [6.07, 6.45) is 2.35. The van der Waals surface area contributed by atoms with Crippen molar-refractivity contribution in [2.24, 2.45) is 0 Å². The lowest BCUT2D eigenvalue weighted by molar-refractivity contribution is -0.384. The minimum Gasteiger partial charge on any atom is -0.481 e. The van der Waals surface area contributed by atoms with Crippen LogP contribution in [0.1, 0.15) is 21.5 Å². The molecule has 0 aliphatic heterocycles. The fourth-order valence-electron chi connectivity index (χ4n) is 4.34. The third kappa shape index (κ3) is 5.60. The van der Waals surface area contributed by atoms with Gasteiger partial charge in [-0.3, -0.25) is 19.7 Å². The molecular formula is C28H23ClN2O6S. The topological polar surface area (TPSA) is 112 Å². The summed E-state index contributed by atoms with van der Waals surface area (Å²) in [4.78, 5) is 34.0. The molecule has 2 heterocycles. The Morgan fingerprint density at radius 2 is 1.87 bits per heavy atom. The SMILES string of the molecule is COC.O=Cc1ccc([N+](=O)[O-])cc1-c1ccc2c(CC(=O)O)cn(Cc3csc4ccc(Cl)cc34)c2c1. The molecule has 38 heavy (non-hydrogen) atoms. The standard InChI is InChI=1S/C26H17ClN2O5S.C2H6O/c27-19-3-6-25-23(9-19)18(14-35-25)12-28-11-17(8-26(31)32)21-5-2-15(7-24(21)28)22-10-20(29(33)34)4-1-16(22)13-30;1-3-2/h1-7,9-11,13-14H,8,12H2,(H,31,32);1-2H3. The smallest absolute Gasteiger partial charge is 0.307 e. The summed E-state index contributed by atoms with van der Waals surface area (Å²) in [7, 11) is 3.25. The summed E-state index contributed by atoms with van der Waals surface area (Å²) in [5.41, 5.74) is 3.75. The van der Waals surface area contributed by atoms with Crippen LogP contribution in [0.5, 0.6) is 0 Å². The van der Waals surface area contributed by atoms with Crippen LogP contribution in [0.4, 0.5) is 5.69 Å². The molecule has 0 atom stereocenters. The highest BCUT2D eigenvalue weighted by atomic mass is 35.5. The Kier molecular flexibility index (Phi) is 8.21. The molecule has 1 N–H and O–H groups in total. The van der Waals surface area contributed by atoms with Crippen LogP contribution in [0.2, 0.25) is 5.02 Å². The number of nitro groups is 1. The Morgan fingerprint density at radius 1 is 1.11 bits per heavy atom. The normalized spacial score (nSPS) is 10.8. The number of nitro benzene ring substituents is 1. The Balaban J connectivity index is 0.00000107. The van der Waals surface area contributed by atoms with Crippen molar-refractivity contribution in [1.82, 2.24) is 4.57 Å². The molecule has 0 saturated heterocycles. The van der Waals surface area contributed by atoms with E-state index in [1.165, 1.54) is 18.2 Å². The first-order chi connectivity index (χ1) is 18.2. The maximum absolute atomic E-state index is 11.7. The van der Waals surface area contributed by atoms with Gasteiger partial charge in [0.05, 0.1) is 11.3 Å². The minimum atomic E-state index is -0.942. The van der Waals surface area contributed by atoms with Gasteiger partial charge in [0.2, 0.25) is 0 Å². The highest BCUT2D eigenvalue weighted by molar-refractivity contribution is 7.17. The summed E-state index contributed by atoms with van der Waals surface area (Å²) in [6.45, 7) is 0.482. The second kappa shape index (κ2) is 11.6. The van der Waals surface area contributed by atoms with Gasteiger partial charge in [0.1, 0.15) is 0 Å². The van der Waals surface area contributed by atoms with Crippen LogP contribution in [-0.2, 0) is 22.5 Å². The number of non-ortho nitro benzene ring substituents is 1.